The molecule has 6 atom stereocenters. The molecule has 10 aliphatic rings. The molecule has 0 heteroatoms. The van der Waals surface area contributed by atoms with Gasteiger partial charge in [-0.05, 0) is 153 Å². The molecule has 0 aliphatic heterocycles. The first kappa shape index (κ1) is 38.9. The van der Waals surface area contributed by atoms with Gasteiger partial charge >= 0.3 is 0 Å². The smallest absolute Gasteiger partial charge is 0.0134 e. The number of hydrogen-bond acceptors (Lipinski definition) is 0. The van der Waals surface area contributed by atoms with Crippen molar-refractivity contribution in [2.45, 2.75) is 64.2 Å². The molecule has 0 saturated carbocycles. The Morgan fingerprint density at radius 1 is 0.468 bits per heavy atom. The highest BCUT2D eigenvalue weighted by Crippen LogP contribution is 2.48. The molecule has 0 aromatic heterocycles. The molecule has 0 heterocycles. The molecule has 10 aliphatic carbocycles. The Balaban J connectivity index is 0.945. The summed E-state index contributed by atoms with van der Waals surface area (Å²) >= 11 is 0. The van der Waals surface area contributed by atoms with E-state index >= 15 is 0 Å². The van der Waals surface area contributed by atoms with Gasteiger partial charge in [0.25, 0.3) is 0 Å². The van der Waals surface area contributed by atoms with Crippen LogP contribution in [0.4, 0.5) is 0 Å². The van der Waals surface area contributed by atoms with E-state index in [1.807, 2.05) is 0 Å². The van der Waals surface area contributed by atoms with Crippen LogP contribution in [0.15, 0.2) is 250 Å². The highest BCUT2D eigenvalue weighted by molar-refractivity contribution is 5.82. The highest BCUT2D eigenvalue weighted by atomic mass is 14.4. The van der Waals surface area contributed by atoms with Gasteiger partial charge in [0, 0.05) is 23.7 Å². The molecule has 0 N–H and O–H groups in total. The van der Waals surface area contributed by atoms with Gasteiger partial charge < -0.3 is 0 Å². The largest absolute Gasteiger partial charge is 0.0842 e. The molecule has 0 bridgehead atoms. The summed E-state index contributed by atoms with van der Waals surface area (Å²) in [5.41, 5.74) is 17.8. The first-order valence-electron chi connectivity index (χ1n) is 23.7. The Morgan fingerprint density at radius 2 is 1.19 bits per heavy atom. The summed E-state index contributed by atoms with van der Waals surface area (Å²) in [6.07, 6.45) is 78.1. The van der Waals surface area contributed by atoms with Crippen molar-refractivity contribution in [2.75, 3.05) is 0 Å². The van der Waals surface area contributed by atoms with Crippen molar-refractivity contribution in [3.05, 3.63) is 261 Å². The summed E-state index contributed by atoms with van der Waals surface area (Å²) in [7, 11) is 0. The molecule has 1 aromatic rings. The third-order valence-corrected chi connectivity index (χ3v) is 15.0. The fraction of sp³-hybridized carbons (Fsp3) is 0.258. The van der Waals surface area contributed by atoms with Gasteiger partial charge in [-0.3, -0.25) is 0 Å². The molecular formula is C62H58. The number of fused-ring (bicyclic) bond motifs is 3. The van der Waals surface area contributed by atoms with Gasteiger partial charge in [0.2, 0.25) is 0 Å². The summed E-state index contributed by atoms with van der Waals surface area (Å²) in [4.78, 5) is 0. The van der Waals surface area contributed by atoms with Gasteiger partial charge in [0.15, 0.2) is 0 Å². The van der Waals surface area contributed by atoms with Crippen LogP contribution in [0.2, 0.25) is 0 Å². The minimum absolute atomic E-state index is 0.292. The number of allylic oxidation sites excluding steroid dienone is 38. The molecule has 0 radical (unpaired) electrons. The highest BCUT2D eigenvalue weighted by Gasteiger charge is 2.38. The lowest BCUT2D eigenvalue weighted by atomic mass is 9.64. The molecule has 11 rings (SSSR count). The van der Waals surface area contributed by atoms with Crippen LogP contribution in [-0.4, -0.2) is 0 Å². The van der Waals surface area contributed by atoms with Crippen LogP contribution in [0.5, 0.6) is 0 Å². The van der Waals surface area contributed by atoms with Crippen molar-refractivity contribution in [3.8, 4) is 0 Å². The van der Waals surface area contributed by atoms with Crippen LogP contribution >= 0.6 is 0 Å². The van der Waals surface area contributed by atoms with E-state index in [0.717, 1.165) is 57.8 Å². The molecule has 0 amide bonds. The second kappa shape index (κ2) is 17.4. The third-order valence-electron chi connectivity index (χ3n) is 15.0. The van der Waals surface area contributed by atoms with E-state index in [1.165, 1.54) is 83.7 Å². The molecule has 0 nitrogen and oxygen atoms in total. The van der Waals surface area contributed by atoms with Crippen LogP contribution in [0.1, 0.15) is 64.2 Å². The van der Waals surface area contributed by atoms with Crippen LogP contribution in [0, 0.1) is 35.5 Å². The standard InChI is InChI=1S/C62H58/c1-4-16-44(17-5-1)47-31-28-43(29-32-47)30-33-49-38-39-60(55-23-11-10-22-54(49)55)62-58-26-14-12-24-56(58)61(57-25-13-15-27-59(57)62)50-36-34-48(35-37-50)53-41-51(45-18-6-2-7-19-45)40-52(42-53)46-20-8-3-9-21-46/h1-2,4,6-8,10-16,18,20-28,30-31,33-34,36,38-40,42,45,51,54-56,58H,3,5,9,17,19,29,32,35,37,41H2. The lowest BCUT2D eigenvalue weighted by Crippen LogP contribution is -2.42. The van der Waals surface area contributed by atoms with E-state index in [1.54, 1.807) is 0 Å². The van der Waals surface area contributed by atoms with Gasteiger partial charge in [-0.2, -0.15) is 0 Å². The molecule has 6 unspecified atom stereocenters. The van der Waals surface area contributed by atoms with Crippen LogP contribution in [-0.2, 0) is 0 Å². The fourth-order valence-corrected chi connectivity index (χ4v) is 11.8. The van der Waals surface area contributed by atoms with E-state index < -0.39 is 0 Å². The second-order valence-corrected chi connectivity index (χ2v) is 18.6. The number of hydrogen-bond donors (Lipinski definition) is 0. The summed E-state index contributed by atoms with van der Waals surface area (Å²) in [5.74, 6) is 2.31. The molecule has 306 valence electrons. The summed E-state index contributed by atoms with van der Waals surface area (Å²) in [5, 5.41) is 2.83. The fourth-order valence-electron chi connectivity index (χ4n) is 11.8. The van der Waals surface area contributed by atoms with Gasteiger partial charge in [-0.15, -0.1) is 0 Å². The predicted molar refractivity (Wildman–Crippen MR) is 263 cm³/mol. The maximum atomic E-state index is 2.59. The summed E-state index contributed by atoms with van der Waals surface area (Å²) in [6.45, 7) is 0. The molecule has 0 spiro atoms. The lowest BCUT2D eigenvalue weighted by Gasteiger charge is -2.39. The normalized spacial score (nSPS) is 29.6. The van der Waals surface area contributed by atoms with Crippen molar-refractivity contribution in [1.82, 2.24) is 0 Å². The number of rotatable bonds is 8. The van der Waals surface area contributed by atoms with Crippen molar-refractivity contribution < 1.29 is 0 Å². The maximum absolute atomic E-state index is 2.59. The van der Waals surface area contributed by atoms with Crippen molar-refractivity contribution in [3.63, 3.8) is 0 Å². The molecule has 0 saturated heterocycles. The zero-order valence-electron chi connectivity index (χ0n) is 36.0. The van der Waals surface area contributed by atoms with Crippen LogP contribution in [0.3, 0.4) is 0 Å². The zero-order valence-corrected chi connectivity index (χ0v) is 36.0. The first-order valence-corrected chi connectivity index (χ1v) is 23.7. The van der Waals surface area contributed by atoms with Gasteiger partial charge in [-0.25, -0.2) is 0 Å². The van der Waals surface area contributed by atoms with Crippen molar-refractivity contribution >= 4 is 11.1 Å². The van der Waals surface area contributed by atoms with Crippen molar-refractivity contribution in [2.24, 2.45) is 35.5 Å². The van der Waals surface area contributed by atoms with E-state index in [9.17, 15) is 0 Å². The van der Waals surface area contributed by atoms with Crippen LogP contribution < -0.4 is 10.4 Å². The van der Waals surface area contributed by atoms with Gasteiger partial charge in [0.1, 0.15) is 0 Å². The van der Waals surface area contributed by atoms with Gasteiger partial charge in [-0.1, -0.05) is 194 Å². The monoisotopic (exact) mass is 802 g/mol. The predicted octanol–water partition coefficient (Wildman–Crippen LogP) is 14.0. The number of benzene rings is 1. The van der Waals surface area contributed by atoms with Gasteiger partial charge in [0.05, 0.1) is 0 Å². The Kier molecular flexibility index (Phi) is 10.9. The molecule has 0 fully saturated rings. The van der Waals surface area contributed by atoms with E-state index in [4.69, 9.17) is 0 Å². The lowest BCUT2D eigenvalue weighted by molar-refractivity contribution is 0.467. The zero-order chi connectivity index (χ0) is 41.2. The molecule has 1 aromatic carbocycles. The quantitative estimate of drug-likeness (QED) is 0.246. The molecule has 62 heavy (non-hydrogen) atoms. The Morgan fingerprint density at radius 3 is 1.94 bits per heavy atom. The third kappa shape index (κ3) is 7.64. The first-order chi connectivity index (χ1) is 30.7. The minimum Gasteiger partial charge on any atom is -0.0842 e. The SMILES string of the molecule is C1=CCCC(C2=CC=C(C=CC3=CC=C(C4=c5ccccc5=C(C5=CC=C(C6=CC(C7=CCCC=C7)=CC(C7C=CC=CC7)C6)CC5)C5C=CC=CC45)C4C=CC=CC34)CC2)=C1. The van der Waals surface area contributed by atoms with Crippen molar-refractivity contribution in [1.29, 1.82) is 0 Å². The average Bonchev–Trinajstić information content (AvgIpc) is 3.36. The summed E-state index contributed by atoms with van der Waals surface area (Å²) in [6, 6.07) is 9.35. The average molecular weight is 803 g/mol. The van der Waals surface area contributed by atoms with E-state index in [0.29, 0.717) is 35.5 Å². The Labute approximate surface area is 369 Å². The Hall–Kier alpha value is -5.98. The second-order valence-electron chi connectivity index (χ2n) is 18.6. The minimum atomic E-state index is 0.292. The van der Waals surface area contributed by atoms with E-state index in [-0.39, 0.29) is 0 Å². The van der Waals surface area contributed by atoms with E-state index in [2.05, 4.69) is 194 Å². The summed E-state index contributed by atoms with van der Waals surface area (Å²) < 4.78 is 0. The maximum Gasteiger partial charge on any atom is 0.0134 e. The van der Waals surface area contributed by atoms with Crippen LogP contribution in [0.25, 0.3) is 11.1 Å². The Bertz CT molecular complexity index is 2790. The molecular weight excluding hydrogens is 745 g/mol. The topological polar surface area (TPSA) is 0 Å².